The normalized spacial score (nSPS) is 59.5. The molecular formula is C26H34O4. The van der Waals surface area contributed by atoms with Gasteiger partial charge >= 0.3 is 5.97 Å². The van der Waals surface area contributed by atoms with Crippen LogP contribution >= 0.6 is 0 Å². The molecule has 0 aromatic rings. The first-order valence-electron chi connectivity index (χ1n) is 12.4. The van der Waals surface area contributed by atoms with Gasteiger partial charge in [-0.25, -0.2) is 0 Å². The highest BCUT2D eigenvalue weighted by atomic mass is 16.6. The van der Waals surface area contributed by atoms with E-state index in [9.17, 15) is 9.59 Å². The average molecular weight is 411 g/mol. The first kappa shape index (κ1) is 18.4. The van der Waals surface area contributed by atoms with E-state index in [1.165, 1.54) is 18.4 Å². The molecule has 7 aliphatic rings. The molecule has 0 aromatic heterocycles. The fraction of sp³-hybridized carbons (Fsp3) is 0.846. The van der Waals surface area contributed by atoms with Gasteiger partial charge in [0.05, 0.1) is 6.10 Å². The van der Waals surface area contributed by atoms with Gasteiger partial charge in [0.1, 0.15) is 17.0 Å². The summed E-state index contributed by atoms with van der Waals surface area (Å²) in [6.45, 7) is 7.14. The number of hydrogen-bond acceptors (Lipinski definition) is 4. The van der Waals surface area contributed by atoms with Crippen molar-refractivity contribution in [3.05, 3.63) is 11.6 Å². The molecule has 5 aliphatic carbocycles. The van der Waals surface area contributed by atoms with Gasteiger partial charge in [0.2, 0.25) is 0 Å². The molecule has 7 rings (SSSR count). The molecule has 0 N–H and O–H groups in total. The minimum Gasteiger partial charge on any atom is -0.458 e. The van der Waals surface area contributed by atoms with Crippen LogP contribution in [0.25, 0.3) is 0 Å². The van der Waals surface area contributed by atoms with Crippen LogP contribution in [0.15, 0.2) is 11.6 Å². The second kappa shape index (κ2) is 5.24. The number of carbonyl (C=O) groups is 2. The maximum absolute atomic E-state index is 12.4. The molecule has 0 aromatic carbocycles. The second-order valence-corrected chi connectivity index (χ2v) is 12.1. The Morgan fingerprint density at radius 1 is 1.13 bits per heavy atom. The summed E-state index contributed by atoms with van der Waals surface area (Å²) in [6, 6.07) is 0. The van der Waals surface area contributed by atoms with Gasteiger partial charge in [0.25, 0.3) is 0 Å². The molecule has 2 aliphatic heterocycles. The lowest BCUT2D eigenvalue weighted by molar-refractivity contribution is -0.172. The Labute approximate surface area is 179 Å². The molecule has 0 radical (unpaired) electrons. The van der Waals surface area contributed by atoms with Crippen LogP contribution in [0, 0.1) is 40.4 Å². The zero-order chi connectivity index (χ0) is 20.7. The molecule has 2 saturated heterocycles. The van der Waals surface area contributed by atoms with Crippen LogP contribution < -0.4 is 0 Å². The van der Waals surface area contributed by atoms with Gasteiger partial charge in [-0.1, -0.05) is 38.8 Å². The molecule has 6 fully saturated rings. The molecule has 4 heteroatoms. The Morgan fingerprint density at radius 2 is 1.97 bits per heavy atom. The van der Waals surface area contributed by atoms with Crippen LogP contribution in [0.4, 0.5) is 0 Å². The lowest BCUT2D eigenvalue weighted by atomic mass is 9.43. The van der Waals surface area contributed by atoms with Gasteiger partial charge < -0.3 is 9.47 Å². The second-order valence-electron chi connectivity index (χ2n) is 12.1. The van der Waals surface area contributed by atoms with Crippen molar-refractivity contribution in [1.82, 2.24) is 0 Å². The van der Waals surface area contributed by atoms with Crippen molar-refractivity contribution in [3.8, 4) is 0 Å². The third kappa shape index (κ3) is 1.76. The standard InChI is InChI=1S/C26H34O4/c1-4-5-14-10-15-11-16(27)6-8-23(15,2)26-19(29-26)13-24(3)22(21(14)26)17-12-18(17)25(24)9-7-20(28)30-25/h10,14,17-19,21-22H,4-9,11-13H2,1-3H3/t14-,17-,18+,19-,21?,22?,23+,24+,25+,26-/m1/s1. The minimum atomic E-state index is -0.234. The van der Waals surface area contributed by atoms with Gasteiger partial charge in [-0.3, -0.25) is 9.59 Å². The van der Waals surface area contributed by atoms with E-state index in [4.69, 9.17) is 9.47 Å². The minimum absolute atomic E-state index is 0.00824. The van der Waals surface area contributed by atoms with Crippen LogP contribution in [-0.4, -0.2) is 29.1 Å². The van der Waals surface area contributed by atoms with E-state index in [2.05, 4.69) is 26.8 Å². The number of allylic oxidation sites excluding steroid dienone is 1. The summed E-state index contributed by atoms with van der Waals surface area (Å²) in [6.07, 6.45) is 11.2. The highest BCUT2D eigenvalue weighted by molar-refractivity contribution is 5.83. The van der Waals surface area contributed by atoms with Crippen LogP contribution in [-0.2, 0) is 19.1 Å². The summed E-state index contributed by atoms with van der Waals surface area (Å²) in [5.41, 5.74) is 1.12. The number of carbonyl (C=O) groups excluding carboxylic acids is 2. The summed E-state index contributed by atoms with van der Waals surface area (Å²) >= 11 is 0. The topological polar surface area (TPSA) is 55.9 Å². The number of Topliss-reactive ketones (excluding diaryl/α,β-unsaturated/α-hetero) is 1. The van der Waals surface area contributed by atoms with Gasteiger partial charge in [0, 0.05) is 41.9 Å². The van der Waals surface area contributed by atoms with Crippen molar-refractivity contribution in [2.45, 2.75) is 95.9 Å². The predicted molar refractivity (Wildman–Crippen MR) is 110 cm³/mol. The van der Waals surface area contributed by atoms with E-state index >= 15 is 0 Å². The summed E-state index contributed by atoms with van der Waals surface area (Å²) < 4.78 is 13.1. The van der Waals surface area contributed by atoms with Crippen LogP contribution in [0.1, 0.15) is 78.6 Å². The molecule has 4 nitrogen and oxygen atoms in total. The largest absolute Gasteiger partial charge is 0.458 e. The van der Waals surface area contributed by atoms with Crippen molar-refractivity contribution >= 4 is 11.8 Å². The third-order valence-corrected chi connectivity index (χ3v) is 11.2. The van der Waals surface area contributed by atoms with Crippen molar-refractivity contribution in [3.63, 3.8) is 0 Å². The first-order chi connectivity index (χ1) is 14.3. The van der Waals surface area contributed by atoms with Crippen molar-refractivity contribution in [2.24, 2.45) is 40.4 Å². The Bertz CT molecular complexity index is 907. The van der Waals surface area contributed by atoms with Crippen LogP contribution in [0.5, 0.6) is 0 Å². The molecular weight excluding hydrogens is 376 g/mol. The smallest absolute Gasteiger partial charge is 0.306 e. The highest BCUT2D eigenvalue weighted by Crippen LogP contribution is 2.83. The van der Waals surface area contributed by atoms with Gasteiger partial charge in [0.15, 0.2) is 0 Å². The summed E-state index contributed by atoms with van der Waals surface area (Å²) in [7, 11) is 0. The van der Waals surface area contributed by atoms with Crippen LogP contribution in [0.3, 0.4) is 0 Å². The Hall–Kier alpha value is -1.16. The van der Waals surface area contributed by atoms with E-state index in [-0.39, 0.29) is 34.1 Å². The molecule has 0 amide bonds. The number of ketones is 1. The number of ether oxygens (including phenoxy) is 2. The number of rotatable bonds is 2. The first-order valence-corrected chi connectivity index (χ1v) is 12.4. The monoisotopic (exact) mass is 410 g/mol. The molecule has 2 unspecified atom stereocenters. The summed E-state index contributed by atoms with van der Waals surface area (Å²) in [4.78, 5) is 24.7. The lowest BCUT2D eigenvalue weighted by Crippen LogP contribution is -2.62. The Morgan fingerprint density at radius 3 is 2.70 bits per heavy atom. The Balaban J connectivity index is 1.39. The predicted octanol–water partition coefficient (Wildman–Crippen LogP) is 4.61. The maximum Gasteiger partial charge on any atom is 0.306 e. The SMILES string of the molecule is CCC[C@@H]1C=C2CC(=O)CC[C@]2(C)[C@@]23O[C@@H]2C[C@@]2(C)C(C13)[C@@H]1C[C@@H]1[C@@]21CCC(=O)O1. The molecule has 2 heterocycles. The molecule has 2 spiro atoms. The third-order valence-electron chi connectivity index (χ3n) is 11.2. The maximum atomic E-state index is 12.4. The van der Waals surface area contributed by atoms with E-state index in [0.29, 0.717) is 54.6 Å². The van der Waals surface area contributed by atoms with Crippen molar-refractivity contribution in [2.75, 3.05) is 0 Å². The quantitative estimate of drug-likeness (QED) is 0.379. The van der Waals surface area contributed by atoms with Crippen molar-refractivity contribution < 1.29 is 19.1 Å². The zero-order valence-corrected chi connectivity index (χ0v) is 18.5. The molecule has 0 bridgehead atoms. The van der Waals surface area contributed by atoms with Crippen molar-refractivity contribution in [1.29, 1.82) is 0 Å². The summed E-state index contributed by atoms with van der Waals surface area (Å²) in [5, 5.41) is 0. The highest BCUT2D eigenvalue weighted by Gasteiger charge is 2.87. The zero-order valence-electron chi connectivity index (χ0n) is 18.5. The lowest BCUT2D eigenvalue weighted by Gasteiger charge is -2.59. The molecule has 4 saturated carbocycles. The van der Waals surface area contributed by atoms with Crippen LogP contribution in [0.2, 0.25) is 0 Å². The number of hydrogen-bond donors (Lipinski definition) is 0. The van der Waals surface area contributed by atoms with Gasteiger partial charge in [-0.2, -0.15) is 0 Å². The molecule has 162 valence electrons. The average Bonchev–Trinajstić information content (AvgIpc) is 3.57. The number of epoxide rings is 1. The number of fused-ring (bicyclic) bond motifs is 7. The molecule has 10 atom stereocenters. The van der Waals surface area contributed by atoms with E-state index < -0.39 is 0 Å². The van der Waals surface area contributed by atoms with E-state index in [0.717, 1.165) is 25.7 Å². The van der Waals surface area contributed by atoms with Gasteiger partial charge in [-0.15, -0.1) is 0 Å². The summed E-state index contributed by atoms with van der Waals surface area (Å²) in [5.74, 6) is 3.27. The fourth-order valence-corrected chi connectivity index (χ4v) is 10.0. The Kier molecular flexibility index (Phi) is 3.22. The molecule has 30 heavy (non-hydrogen) atoms. The fourth-order valence-electron chi connectivity index (χ4n) is 10.0. The van der Waals surface area contributed by atoms with E-state index in [1.807, 2.05) is 0 Å². The van der Waals surface area contributed by atoms with Gasteiger partial charge in [-0.05, 0) is 49.9 Å². The van der Waals surface area contributed by atoms with E-state index in [1.54, 1.807) is 0 Å². The number of esters is 1.